The monoisotopic (exact) mass is 665 g/mol. The highest BCUT2D eigenvalue weighted by Gasteiger charge is 2.63. The molecule has 0 aliphatic heterocycles. The van der Waals surface area contributed by atoms with Crippen LogP contribution in [0.4, 0.5) is 0 Å². The number of fused-ring (bicyclic) bond motifs is 5. The van der Waals surface area contributed by atoms with Crippen molar-refractivity contribution >= 4 is 5.97 Å². The van der Waals surface area contributed by atoms with E-state index in [9.17, 15) is 9.90 Å². The van der Waals surface area contributed by atoms with Crippen LogP contribution in [0.15, 0.2) is 36.5 Å². The Morgan fingerprint density at radius 2 is 1.48 bits per heavy atom. The maximum Gasteiger partial charge on any atom is 0.306 e. The SMILES string of the molecule is CCCCC/C=C\C/C=C\C/C=C\CCCCC(=O)OC1C[C@@H](O)C[C@H]2CC[C@@H]3[C@@H]4CC[C@H]([C@H](C)CCCC(C)C)[C@@]4(C)CC[C@@H]3[C@@]12C. The van der Waals surface area contributed by atoms with E-state index in [0.717, 1.165) is 68.1 Å². The number of aliphatic hydroxyl groups excluding tert-OH is 1. The van der Waals surface area contributed by atoms with Crippen LogP contribution in [0.3, 0.4) is 0 Å². The second kappa shape index (κ2) is 19.3. The third-order valence-corrected chi connectivity index (χ3v) is 14.2. The van der Waals surface area contributed by atoms with Gasteiger partial charge in [0.1, 0.15) is 6.10 Å². The lowest BCUT2D eigenvalue weighted by Crippen LogP contribution is -2.60. The average molecular weight is 665 g/mol. The van der Waals surface area contributed by atoms with Crippen LogP contribution in [0.2, 0.25) is 0 Å². The lowest BCUT2D eigenvalue weighted by Gasteiger charge is -2.62. The molecule has 4 rings (SSSR count). The number of unbranched alkanes of at least 4 members (excludes halogenated alkanes) is 5. The summed E-state index contributed by atoms with van der Waals surface area (Å²) in [5.41, 5.74) is 0.471. The molecule has 3 nitrogen and oxygen atoms in total. The van der Waals surface area contributed by atoms with Crippen molar-refractivity contribution < 1.29 is 14.6 Å². The van der Waals surface area contributed by atoms with Gasteiger partial charge in [-0.05, 0) is 137 Å². The molecule has 0 aromatic carbocycles. The second-order valence-corrected chi connectivity index (χ2v) is 17.8. The van der Waals surface area contributed by atoms with Gasteiger partial charge in [0.15, 0.2) is 0 Å². The van der Waals surface area contributed by atoms with Gasteiger partial charge in [-0.3, -0.25) is 4.79 Å². The molecule has 0 aromatic rings. The molecule has 0 amide bonds. The van der Waals surface area contributed by atoms with Gasteiger partial charge in [-0.1, -0.05) is 110 Å². The van der Waals surface area contributed by atoms with E-state index < -0.39 is 0 Å². The molecule has 0 spiro atoms. The highest BCUT2D eigenvalue weighted by molar-refractivity contribution is 5.69. The average Bonchev–Trinajstić information content (AvgIpc) is 3.40. The predicted molar refractivity (Wildman–Crippen MR) is 204 cm³/mol. The van der Waals surface area contributed by atoms with E-state index >= 15 is 0 Å². The standard InChI is InChI=1S/C45H76O3/c1-7-8-9-10-11-12-13-14-15-16-17-18-19-20-21-25-43(47)48-42-33-37(46)32-36-26-27-38-40-29-28-39(35(4)24-22-23-34(2)3)44(40,5)31-30-41(38)45(36,42)6/h11-12,14-15,17-18,34-42,46H,7-10,13,16,19-33H2,1-6H3/b12-11-,15-14-,18-17-/t35-,36-,37+,38-,39-,40+,41+,42?,44-,45+/m1/s1. The summed E-state index contributed by atoms with van der Waals surface area (Å²) < 4.78 is 6.43. The van der Waals surface area contributed by atoms with Gasteiger partial charge >= 0.3 is 5.97 Å². The fraction of sp³-hybridized carbons (Fsp3) is 0.844. The number of allylic oxidation sites excluding steroid dienone is 6. The lowest BCUT2D eigenvalue weighted by atomic mass is 9.43. The van der Waals surface area contributed by atoms with E-state index in [-0.39, 0.29) is 23.6 Å². The van der Waals surface area contributed by atoms with Gasteiger partial charge in [0.2, 0.25) is 0 Å². The zero-order valence-electron chi connectivity index (χ0n) is 32.3. The van der Waals surface area contributed by atoms with E-state index in [1.54, 1.807) is 0 Å². The predicted octanol–water partition coefficient (Wildman–Crippen LogP) is 12.6. The minimum Gasteiger partial charge on any atom is -0.462 e. The first kappa shape index (κ1) is 39.4. The highest BCUT2D eigenvalue weighted by Crippen LogP contribution is 2.68. The zero-order valence-corrected chi connectivity index (χ0v) is 32.3. The maximum absolute atomic E-state index is 13.3. The van der Waals surface area contributed by atoms with Gasteiger partial charge in [0, 0.05) is 18.3 Å². The van der Waals surface area contributed by atoms with Crippen LogP contribution >= 0.6 is 0 Å². The first-order valence-electron chi connectivity index (χ1n) is 20.9. The molecule has 1 unspecified atom stereocenters. The Balaban J connectivity index is 1.24. The largest absolute Gasteiger partial charge is 0.462 e. The molecule has 0 heterocycles. The van der Waals surface area contributed by atoms with Crippen molar-refractivity contribution in [1.82, 2.24) is 0 Å². The normalized spacial score (nSPS) is 35.7. The molecule has 1 N–H and O–H groups in total. The van der Waals surface area contributed by atoms with E-state index in [4.69, 9.17) is 4.74 Å². The molecule has 0 saturated heterocycles. The van der Waals surface area contributed by atoms with Crippen molar-refractivity contribution in [2.75, 3.05) is 0 Å². The first-order valence-corrected chi connectivity index (χ1v) is 20.9. The summed E-state index contributed by atoms with van der Waals surface area (Å²) in [5.74, 6) is 5.12. The van der Waals surface area contributed by atoms with Crippen molar-refractivity contribution in [3.63, 3.8) is 0 Å². The minimum absolute atomic E-state index is 0.00119. The molecule has 274 valence electrons. The molecule has 10 atom stereocenters. The number of carbonyl (C=O) groups is 1. The van der Waals surface area contributed by atoms with Crippen LogP contribution < -0.4 is 0 Å². The maximum atomic E-state index is 13.3. The lowest BCUT2D eigenvalue weighted by molar-refractivity contribution is -0.203. The van der Waals surface area contributed by atoms with Crippen molar-refractivity contribution in [2.45, 2.75) is 189 Å². The highest BCUT2D eigenvalue weighted by atomic mass is 16.5. The summed E-state index contributed by atoms with van der Waals surface area (Å²) >= 11 is 0. The van der Waals surface area contributed by atoms with Gasteiger partial charge in [-0.25, -0.2) is 0 Å². The molecule has 4 fully saturated rings. The summed E-state index contributed by atoms with van der Waals surface area (Å²) in [7, 11) is 0. The molecule has 48 heavy (non-hydrogen) atoms. The van der Waals surface area contributed by atoms with Crippen LogP contribution in [0, 0.1) is 52.3 Å². The molecule has 4 aliphatic rings. The Hall–Kier alpha value is -1.35. The van der Waals surface area contributed by atoms with Gasteiger partial charge < -0.3 is 9.84 Å². The minimum atomic E-state index is -0.338. The topological polar surface area (TPSA) is 46.5 Å². The third-order valence-electron chi connectivity index (χ3n) is 14.2. The van der Waals surface area contributed by atoms with Crippen LogP contribution in [0.25, 0.3) is 0 Å². The molecule has 0 bridgehead atoms. The van der Waals surface area contributed by atoms with Gasteiger partial charge in [0.05, 0.1) is 6.10 Å². The van der Waals surface area contributed by atoms with E-state index in [0.29, 0.717) is 30.1 Å². The van der Waals surface area contributed by atoms with Crippen molar-refractivity contribution in [1.29, 1.82) is 0 Å². The van der Waals surface area contributed by atoms with Crippen LogP contribution in [0.1, 0.15) is 176 Å². The molecule has 0 radical (unpaired) electrons. The van der Waals surface area contributed by atoms with E-state index in [1.807, 2.05) is 0 Å². The Kier molecular flexibility index (Phi) is 15.9. The summed E-state index contributed by atoms with van der Waals surface area (Å²) in [6.07, 6.45) is 37.3. The van der Waals surface area contributed by atoms with Gasteiger partial charge in [-0.15, -0.1) is 0 Å². The van der Waals surface area contributed by atoms with E-state index in [2.05, 4.69) is 78.0 Å². The third kappa shape index (κ3) is 10.1. The Morgan fingerprint density at radius 1 is 0.792 bits per heavy atom. The number of hydrogen-bond donors (Lipinski definition) is 1. The van der Waals surface area contributed by atoms with Crippen molar-refractivity contribution in [3.8, 4) is 0 Å². The molecular formula is C45H76O3. The number of aliphatic hydroxyl groups is 1. The zero-order chi connectivity index (χ0) is 34.6. The number of rotatable bonds is 19. The number of hydrogen-bond acceptors (Lipinski definition) is 3. The fourth-order valence-electron chi connectivity index (χ4n) is 11.5. The quantitative estimate of drug-likeness (QED) is 0.0849. The van der Waals surface area contributed by atoms with Crippen LogP contribution in [-0.2, 0) is 9.53 Å². The Bertz CT molecular complexity index is 1040. The molecule has 4 saturated carbocycles. The molecule has 0 aromatic heterocycles. The summed E-state index contributed by atoms with van der Waals surface area (Å²) in [6, 6.07) is 0. The summed E-state index contributed by atoms with van der Waals surface area (Å²) in [6.45, 7) is 14.7. The van der Waals surface area contributed by atoms with Gasteiger partial charge in [0.25, 0.3) is 0 Å². The smallest absolute Gasteiger partial charge is 0.306 e. The molecule has 3 heteroatoms. The van der Waals surface area contributed by atoms with Crippen molar-refractivity contribution in [2.24, 2.45) is 52.3 Å². The summed E-state index contributed by atoms with van der Waals surface area (Å²) in [4.78, 5) is 13.3. The van der Waals surface area contributed by atoms with Crippen LogP contribution in [0.5, 0.6) is 0 Å². The van der Waals surface area contributed by atoms with Crippen molar-refractivity contribution in [3.05, 3.63) is 36.5 Å². The number of ether oxygens (including phenoxy) is 1. The van der Waals surface area contributed by atoms with Crippen LogP contribution in [-0.4, -0.2) is 23.3 Å². The van der Waals surface area contributed by atoms with Gasteiger partial charge in [-0.2, -0.15) is 0 Å². The first-order chi connectivity index (χ1) is 23.1. The Labute approximate surface area is 297 Å². The number of esters is 1. The van der Waals surface area contributed by atoms with E-state index in [1.165, 1.54) is 83.5 Å². The summed E-state index contributed by atoms with van der Waals surface area (Å²) in [5, 5.41) is 10.9. The molecule has 4 aliphatic carbocycles. The second-order valence-electron chi connectivity index (χ2n) is 17.8. The number of carbonyl (C=O) groups excluding carboxylic acids is 1. The fourth-order valence-corrected chi connectivity index (χ4v) is 11.5. The Morgan fingerprint density at radius 3 is 2.17 bits per heavy atom. The molecular weight excluding hydrogens is 588 g/mol.